The van der Waals surface area contributed by atoms with E-state index in [0.717, 1.165) is 16.3 Å². The van der Waals surface area contributed by atoms with Gasteiger partial charge in [0.2, 0.25) is 0 Å². The lowest BCUT2D eigenvalue weighted by Crippen LogP contribution is -1.94. The summed E-state index contributed by atoms with van der Waals surface area (Å²) < 4.78 is 0. The van der Waals surface area contributed by atoms with Crippen molar-refractivity contribution >= 4 is 34.3 Å². The predicted octanol–water partition coefficient (Wildman–Crippen LogP) is 7.51. The second kappa shape index (κ2) is 9.46. The maximum atomic E-state index is 4.92. The van der Waals surface area contributed by atoms with E-state index in [-0.39, 0.29) is 0 Å². The highest BCUT2D eigenvalue weighted by atomic mass is 32.2. The van der Waals surface area contributed by atoms with Gasteiger partial charge in [0, 0.05) is 9.79 Å². The number of rotatable bonds is 5. The Labute approximate surface area is 164 Å². The van der Waals surface area contributed by atoms with Gasteiger partial charge in [0.25, 0.3) is 0 Å². The van der Waals surface area contributed by atoms with E-state index in [4.69, 9.17) is 4.99 Å². The molecule has 0 bridgehead atoms. The van der Waals surface area contributed by atoms with Gasteiger partial charge in [0.15, 0.2) is 0 Å². The Morgan fingerprint density at radius 3 is 2.12 bits per heavy atom. The van der Waals surface area contributed by atoms with E-state index in [9.17, 15) is 0 Å². The maximum Gasteiger partial charge on any atom is 0.105 e. The number of aliphatic imine (C=N–C) groups is 1. The van der Waals surface area contributed by atoms with E-state index >= 15 is 0 Å². The SMILES string of the molecule is C/C(=C\Sc1ccccc1)C(=Nc1cccc(C)c1)Sc1ccccc1. The molecule has 0 saturated heterocycles. The Morgan fingerprint density at radius 2 is 1.46 bits per heavy atom. The molecule has 3 aromatic carbocycles. The molecule has 0 fully saturated rings. The highest BCUT2D eigenvalue weighted by Crippen LogP contribution is 2.29. The van der Waals surface area contributed by atoms with Crippen LogP contribution in [0.15, 0.2) is 111 Å². The number of aryl methyl sites for hydroxylation is 1. The summed E-state index contributed by atoms with van der Waals surface area (Å²) >= 11 is 3.43. The van der Waals surface area contributed by atoms with Crippen LogP contribution in [0.3, 0.4) is 0 Å². The quantitative estimate of drug-likeness (QED) is 0.260. The van der Waals surface area contributed by atoms with Gasteiger partial charge in [-0.15, -0.1) is 0 Å². The van der Waals surface area contributed by atoms with E-state index in [1.54, 1.807) is 23.5 Å². The van der Waals surface area contributed by atoms with Crippen molar-refractivity contribution in [1.29, 1.82) is 0 Å². The Hall–Kier alpha value is -2.23. The molecule has 3 aromatic rings. The van der Waals surface area contributed by atoms with Gasteiger partial charge in [0.1, 0.15) is 5.04 Å². The lowest BCUT2D eigenvalue weighted by Gasteiger charge is -2.08. The van der Waals surface area contributed by atoms with Crippen molar-refractivity contribution in [3.63, 3.8) is 0 Å². The summed E-state index contributed by atoms with van der Waals surface area (Å²) in [6.45, 7) is 4.22. The van der Waals surface area contributed by atoms with E-state index in [0.29, 0.717) is 0 Å². The average molecular weight is 376 g/mol. The van der Waals surface area contributed by atoms with Gasteiger partial charge in [-0.3, -0.25) is 0 Å². The maximum absolute atomic E-state index is 4.92. The molecule has 26 heavy (non-hydrogen) atoms. The second-order valence-corrected chi connectivity index (χ2v) is 7.91. The van der Waals surface area contributed by atoms with Crippen LogP contribution in [0.2, 0.25) is 0 Å². The predicted molar refractivity (Wildman–Crippen MR) is 117 cm³/mol. The Morgan fingerprint density at radius 1 is 0.808 bits per heavy atom. The van der Waals surface area contributed by atoms with Crippen molar-refractivity contribution in [3.8, 4) is 0 Å². The summed E-state index contributed by atoms with van der Waals surface area (Å²) in [6, 6.07) is 29.1. The van der Waals surface area contributed by atoms with Crippen LogP contribution in [-0.2, 0) is 0 Å². The van der Waals surface area contributed by atoms with Gasteiger partial charge in [-0.2, -0.15) is 0 Å². The fourth-order valence-electron chi connectivity index (χ4n) is 2.31. The minimum absolute atomic E-state index is 0.987. The normalized spacial score (nSPS) is 12.2. The minimum atomic E-state index is 0.987. The van der Waals surface area contributed by atoms with Crippen LogP contribution in [0.4, 0.5) is 5.69 Å². The number of hydrogen-bond donors (Lipinski definition) is 0. The first-order valence-corrected chi connectivity index (χ1v) is 10.2. The summed E-state index contributed by atoms with van der Waals surface area (Å²) in [4.78, 5) is 7.34. The summed E-state index contributed by atoms with van der Waals surface area (Å²) in [5, 5.41) is 3.20. The lowest BCUT2D eigenvalue weighted by atomic mass is 10.2. The summed E-state index contributed by atoms with van der Waals surface area (Å²) in [5.74, 6) is 0. The molecule has 0 spiro atoms. The Kier molecular flexibility index (Phi) is 6.75. The summed E-state index contributed by atoms with van der Waals surface area (Å²) in [6.07, 6.45) is 0. The standard InChI is InChI=1S/C23H21NS2/c1-18-10-9-11-20(16-18)24-23(26-22-14-7-4-8-15-22)19(2)17-25-21-12-5-3-6-13-21/h3-17H,1-2H3/b19-17+,24-23?. The Balaban J connectivity index is 1.88. The zero-order valence-corrected chi connectivity index (χ0v) is 16.6. The third kappa shape index (κ3) is 5.65. The van der Waals surface area contributed by atoms with E-state index < -0.39 is 0 Å². The molecule has 0 radical (unpaired) electrons. The monoisotopic (exact) mass is 375 g/mol. The fraction of sp³-hybridized carbons (Fsp3) is 0.0870. The molecule has 0 aliphatic heterocycles. The molecule has 0 aromatic heterocycles. The molecule has 1 nitrogen and oxygen atoms in total. The van der Waals surface area contributed by atoms with Gasteiger partial charge >= 0.3 is 0 Å². The zero-order valence-electron chi connectivity index (χ0n) is 14.9. The van der Waals surface area contributed by atoms with Crippen LogP contribution in [0, 0.1) is 6.92 Å². The first kappa shape index (κ1) is 18.6. The van der Waals surface area contributed by atoms with Gasteiger partial charge in [-0.05, 0) is 66.8 Å². The van der Waals surface area contributed by atoms with Crippen LogP contribution >= 0.6 is 23.5 Å². The smallest absolute Gasteiger partial charge is 0.105 e. The van der Waals surface area contributed by atoms with Crippen LogP contribution in [-0.4, -0.2) is 5.04 Å². The van der Waals surface area contributed by atoms with Crippen molar-refractivity contribution < 1.29 is 0 Å². The molecular formula is C23H21NS2. The van der Waals surface area contributed by atoms with Crippen molar-refractivity contribution in [2.24, 2.45) is 4.99 Å². The van der Waals surface area contributed by atoms with Crippen molar-refractivity contribution in [2.45, 2.75) is 23.6 Å². The fourth-order valence-corrected chi connectivity index (χ4v) is 4.01. The molecular weight excluding hydrogens is 354 g/mol. The largest absolute Gasteiger partial charge is 0.241 e. The molecule has 0 saturated carbocycles. The average Bonchev–Trinajstić information content (AvgIpc) is 2.67. The Bertz CT molecular complexity index is 900. The first-order valence-electron chi connectivity index (χ1n) is 8.48. The molecule has 3 rings (SSSR count). The van der Waals surface area contributed by atoms with Gasteiger partial charge in [0.05, 0.1) is 5.69 Å². The molecule has 3 heteroatoms. The number of benzene rings is 3. The van der Waals surface area contributed by atoms with Crippen LogP contribution < -0.4 is 0 Å². The summed E-state index contributed by atoms with van der Waals surface area (Å²) in [5.41, 5.74) is 3.37. The van der Waals surface area contributed by atoms with Gasteiger partial charge < -0.3 is 0 Å². The molecule has 0 aliphatic carbocycles. The molecule has 0 unspecified atom stereocenters. The van der Waals surface area contributed by atoms with Crippen LogP contribution in [0.25, 0.3) is 0 Å². The molecule has 130 valence electrons. The highest BCUT2D eigenvalue weighted by molar-refractivity contribution is 8.14. The topological polar surface area (TPSA) is 12.4 Å². The molecule has 0 atom stereocenters. The summed E-state index contributed by atoms with van der Waals surface area (Å²) in [7, 11) is 0. The van der Waals surface area contributed by atoms with Crippen molar-refractivity contribution in [3.05, 3.63) is 101 Å². The van der Waals surface area contributed by atoms with Gasteiger partial charge in [-0.1, -0.05) is 72.1 Å². The minimum Gasteiger partial charge on any atom is -0.241 e. The molecule has 0 aliphatic rings. The van der Waals surface area contributed by atoms with Crippen LogP contribution in [0.1, 0.15) is 12.5 Å². The van der Waals surface area contributed by atoms with E-state index in [1.807, 2.05) is 12.1 Å². The number of nitrogens with zero attached hydrogens (tertiary/aromatic N) is 1. The number of hydrogen-bond acceptors (Lipinski definition) is 3. The van der Waals surface area contributed by atoms with E-state index in [1.165, 1.54) is 15.4 Å². The molecule has 0 heterocycles. The van der Waals surface area contributed by atoms with Crippen LogP contribution in [0.5, 0.6) is 0 Å². The molecule has 0 amide bonds. The third-order valence-electron chi connectivity index (χ3n) is 3.64. The van der Waals surface area contributed by atoms with Crippen molar-refractivity contribution in [1.82, 2.24) is 0 Å². The van der Waals surface area contributed by atoms with E-state index in [2.05, 4.69) is 92.1 Å². The molecule has 0 N–H and O–H groups in total. The zero-order chi connectivity index (χ0) is 18.2. The third-order valence-corrected chi connectivity index (χ3v) is 5.77. The van der Waals surface area contributed by atoms with Gasteiger partial charge in [-0.25, -0.2) is 4.99 Å². The van der Waals surface area contributed by atoms with Crippen molar-refractivity contribution in [2.75, 3.05) is 0 Å². The highest BCUT2D eigenvalue weighted by Gasteiger charge is 2.07. The number of thioether (sulfide) groups is 2. The lowest BCUT2D eigenvalue weighted by molar-refractivity contribution is 1.42. The second-order valence-electron chi connectivity index (χ2n) is 5.90. The first-order chi connectivity index (χ1) is 12.7.